The highest BCUT2D eigenvalue weighted by atomic mass is 35.5. The topological polar surface area (TPSA) is 15.3 Å². The summed E-state index contributed by atoms with van der Waals surface area (Å²) in [4.78, 5) is 2.30. The third kappa shape index (κ3) is 3.68. The lowest BCUT2D eigenvalue weighted by molar-refractivity contribution is 0.157. The summed E-state index contributed by atoms with van der Waals surface area (Å²) in [6.07, 6.45) is 3.43. The fraction of sp³-hybridized carbons (Fsp3) is 0.600. The Balaban J connectivity index is 0.00000147. The van der Waals surface area contributed by atoms with Gasteiger partial charge in [0.05, 0.1) is 0 Å². The van der Waals surface area contributed by atoms with Crippen LogP contribution < -0.4 is 5.32 Å². The van der Waals surface area contributed by atoms with E-state index in [9.17, 15) is 8.78 Å². The van der Waals surface area contributed by atoms with Crippen LogP contribution >= 0.6 is 12.4 Å². The molecule has 0 amide bonds. The van der Waals surface area contributed by atoms with Gasteiger partial charge in [-0.25, -0.2) is 8.78 Å². The molecule has 1 atom stereocenters. The number of benzene rings is 1. The fourth-order valence-corrected chi connectivity index (χ4v) is 2.91. The first-order valence-electron chi connectivity index (χ1n) is 7.14. The van der Waals surface area contributed by atoms with Gasteiger partial charge < -0.3 is 5.32 Å². The van der Waals surface area contributed by atoms with Gasteiger partial charge in [0.15, 0.2) is 0 Å². The van der Waals surface area contributed by atoms with Crippen LogP contribution in [0.2, 0.25) is 0 Å². The third-order valence-corrected chi connectivity index (χ3v) is 4.16. The Kier molecular flexibility index (Phi) is 5.35. The molecular formula is C15H21ClF2N2. The largest absolute Gasteiger partial charge is 0.314 e. The molecule has 3 rings (SSSR count). The summed E-state index contributed by atoms with van der Waals surface area (Å²) in [7, 11) is 0. The number of rotatable bonds is 4. The predicted octanol–water partition coefficient (Wildman–Crippen LogP) is 3.13. The van der Waals surface area contributed by atoms with E-state index in [0.717, 1.165) is 32.6 Å². The second-order valence-electron chi connectivity index (χ2n) is 5.65. The van der Waals surface area contributed by atoms with Crippen molar-refractivity contribution in [1.82, 2.24) is 10.2 Å². The first-order valence-corrected chi connectivity index (χ1v) is 7.14. The Morgan fingerprint density at radius 1 is 1.20 bits per heavy atom. The van der Waals surface area contributed by atoms with Crippen LogP contribution in [-0.2, 0) is 0 Å². The Labute approximate surface area is 124 Å². The molecule has 0 aromatic heterocycles. The van der Waals surface area contributed by atoms with Crippen molar-refractivity contribution in [2.45, 2.75) is 25.3 Å². The standard InChI is InChI=1S/C15H20F2N2.ClH/c16-12-3-4-14(17)13(10-12)15(9-11-1-2-11)19-7-5-18-6-8-19;/h3-4,10-11,15,18H,1-2,5-9H2;1H/t15-;/m1./s1. The summed E-state index contributed by atoms with van der Waals surface area (Å²) in [5.41, 5.74) is 0.536. The number of halogens is 3. The van der Waals surface area contributed by atoms with E-state index in [-0.39, 0.29) is 30.1 Å². The Bertz CT molecular complexity index is 445. The molecular weight excluding hydrogens is 282 g/mol. The van der Waals surface area contributed by atoms with Crippen LogP contribution in [0, 0.1) is 17.6 Å². The van der Waals surface area contributed by atoms with Gasteiger partial charge in [-0.2, -0.15) is 0 Å². The van der Waals surface area contributed by atoms with Gasteiger partial charge in [0.1, 0.15) is 11.6 Å². The molecule has 5 heteroatoms. The van der Waals surface area contributed by atoms with E-state index in [0.29, 0.717) is 11.5 Å². The third-order valence-electron chi connectivity index (χ3n) is 4.16. The average Bonchev–Trinajstić information content (AvgIpc) is 3.24. The molecule has 112 valence electrons. The summed E-state index contributed by atoms with van der Waals surface area (Å²) < 4.78 is 27.5. The minimum Gasteiger partial charge on any atom is -0.314 e. The lowest BCUT2D eigenvalue weighted by atomic mass is 9.98. The molecule has 0 spiro atoms. The molecule has 1 aliphatic heterocycles. The Morgan fingerprint density at radius 3 is 2.55 bits per heavy atom. The lowest BCUT2D eigenvalue weighted by Gasteiger charge is -2.35. The van der Waals surface area contributed by atoms with Crippen LogP contribution in [-0.4, -0.2) is 31.1 Å². The second-order valence-corrected chi connectivity index (χ2v) is 5.65. The molecule has 1 saturated heterocycles. The maximum Gasteiger partial charge on any atom is 0.128 e. The van der Waals surface area contributed by atoms with Crippen LogP contribution in [0.4, 0.5) is 8.78 Å². The van der Waals surface area contributed by atoms with Crippen molar-refractivity contribution in [2.24, 2.45) is 5.92 Å². The summed E-state index contributed by atoms with van der Waals surface area (Å²) in [6.45, 7) is 3.68. The maximum absolute atomic E-state index is 14.0. The van der Waals surface area contributed by atoms with E-state index in [4.69, 9.17) is 0 Å². The smallest absolute Gasteiger partial charge is 0.128 e. The maximum atomic E-state index is 14.0. The van der Waals surface area contributed by atoms with Gasteiger partial charge in [0, 0.05) is 37.8 Å². The van der Waals surface area contributed by atoms with Crippen molar-refractivity contribution in [3.05, 3.63) is 35.4 Å². The first kappa shape index (κ1) is 15.7. The van der Waals surface area contributed by atoms with E-state index in [1.54, 1.807) is 0 Å². The Hall–Kier alpha value is -0.710. The lowest BCUT2D eigenvalue weighted by Crippen LogP contribution is -2.45. The molecule has 1 heterocycles. The average molecular weight is 303 g/mol. The number of hydrogen-bond donors (Lipinski definition) is 1. The van der Waals surface area contributed by atoms with Crippen molar-refractivity contribution < 1.29 is 8.78 Å². The zero-order valence-electron chi connectivity index (χ0n) is 11.4. The van der Waals surface area contributed by atoms with Gasteiger partial charge in [0.25, 0.3) is 0 Å². The van der Waals surface area contributed by atoms with E-state index in [1.165, 1.54) is 31.0 Å². The molecule has 1 saturated carbocycles. The number of hydrogen-bond acceptors (Lipinski definition) is 2. The zero-order valence-corrected chi connectivity index (χ0v) is 12.3. The van der Waals surface area contributed by atoms with Crippen molar-refractivity contribution in [1.29, 1.82) is 0 Å². The van der Waals surface area contributed by atoms with Crippen LogP contribution in [0.5, 0.6) is 0 Å². The number of piperazine rings is 1. The molecule has 1 N–H and O–H groups in total. The van der Waals surface area contributed by atoms with Gasteiger partial charge in [-0.1, -0.05) is 12.8 Å². The zero-order chi connectivity index (χ0) is 13.2. The van der Waals surface area contributed by atoms with E-state index in [2.05, 4.69) is 10.2 Å². The SMILES string of the molecule is Cl.Fc1ccc(F)c([C@@H](CC2CC2)N2CCNCC2)c1. The highest BCUT2D eigenvalue weighted by molar-refractivity contribution is 5.85. The van der Waals surface area contributed by atoms with Crippen LogP contribution in [0.15, 0.2) is 18.2 Å². The summed E-state index contributed by atoms with van der Waals surface area (Å²) in [5, 5.41) is 3.31. The quantitative estimate of drug-likeness (QED) is 0.919. The van der Waals surface area contributed by atoms with Crippen LogP contribution in [0.3, 0.4) is 0 Å². The molecule has 0 radical (unpaired) electrons. The van der Waals surface area contributed by atoms with Crippen molar-refractivity contribution >= 4 is 12.4 Å². The van der Waals surface area contributed by atoms with Gasteiger partial charge in [-0.3, -0.25) is 4.90 Å². The van der Waals surface area contributed by atoms with Gasteiger partial charge >= 0.3 is 0 Å². The number of nitrogens with zero attached hydrogens (tertiary/aromatic N) is 1. The van der Waals surface area contributed by atoms with Gasteiger partial charge in [0.2, 0.25) is 0 Å². The minimum atomic E-state index is -0.340. The molecule has 1 aliphatic carbocycles. The second kappa shape index (κ2) is 6.83. The normalized spacial score (nSPS) is 21.3. The summed E-state index contributed by atoms with van der Waals surface area (Å²) in [5.74, 6) is 0.0838. The van der Waals surface area contributed by atoms with E-state index in [1.807, 2.05) is 0 Å². The fourth-order valence-electron chi connectivity index (χ4n) is 2.91. The number of nitrogens with one attached hydrogen (secondary N) is 1. The van der Waals surface area contributed by atoms with Crippen molar-refractivity contribution in [2.75, 3.05) is 26.2 Å². The monoisotopic (exact) mass is 302 g/mol. The molecule has 1 aromatic carbocycles. The van der Waals surface area contributed by atoms with Crippen LogP contribution in [0.1, 0.15) is 30.9 Å². The molecule has 0 bridgehead atoms. The van der Waals surface area contributed by atoms with E-state index < -0.39 is 0 Å². The minimum absolute atomic E-state index is 0. The molecule has 0 unspecified atom stereocenters. The Morgan fingerprint density at radius 2 is 1.90 bits per heavy atom. The van der Waals surface area contributed by atoms with E-state index >= 15 is 0 Å². The van der Waals surface area contributed by atoms with Crippen molar-refractivity contribution in [3.63, 3.8) is 0 Å². The highest BCUT2D eigenvalue weighted by Crippen LogP contribution is 2.40. The summed E-state index contributed by atoms with van der Waals surface area (Å²) >= 11 is 0. The molecule has 1 aromatic rings. The van der Waals surface area contributed by atoms with Crippen LogP contribution in [0.25, 0.3) is 0 Å². The predicted molar refractivity (Wildman–Crippen MR) is 78.1 cm³/mol. The molecule has 20 heavy (non-hydrogen) atoms. The van der Waals surface area contributed by atoms with Gasteiger partial charge in [-0.15, -0.1) is 12.4 Å². The highest BCUT2D eigenvalue weighted by Gasteiger charge is 2.31. The molecule has 2 aliphatic rings. The van der Waals surface area contributed by atoms with Crippen molar-refractivity contribution in [3.8, 4) is 0 Å². The van der Waals surface area contributed by atoms with Gasteiger partial charge in [-0.05, 0) is 30.5 Å². The molecule has 2 nitrogen and oxygen atoms in total. The molecule has 2 fully saturated rings. The summed E-state index contributed by atoms with van der Waals surface area (Å²) in [6, 6.07) is 3.87. The first-order chi connectivity index (χ1) is 9.24.